The van der Waals surface area contributed by atoms with Crippen molar-refractivity contribution in [3.63, 3.8) is 0 Å². The third-order valence-corrected chi connectivity index (χ3v) is 5.53. The van der Waals surface area contributed by atoms with Crippen molar-refractivity contribution < 1.29 is 18.5 Å². The Hall–Kier alpha value is -3.52. The minimum atomic E-state index is -0.614. The largest absolute Gasteiger partial charge is 0.359 e. The number of carbonyl (C=O) groups is 2. The van der Waals surface area contributed by atoms with E-state index in [0.29, 0.717) is 31.1 Å². The van der Waals surface area contributed by atoms with Crippen LogP contribution in [0.15, 0.2) is 65.2 Å². The fourth-order valence-corrected chi connectivity index (χ4v) is 3.82. The van der Waals surface area contributed by atoms with Crippen molar-refractivity contribution in [3.05, 3.63) is 77.8 Å². The quantitative estimate of drug-likeness (QED) is 0.616. The van der Waals surface area contributed by atoms with Crippen molar-refractivity contribution >= 4 is 11.8 Å². The fraction of sp³-hybridized carbons (Fsp3) is 0.292. The van der Waals surface area contributed by atoms with Crippen LogP contribution < -0.4 is 5.32 Å². The lowest BCUT2D eigenvalue weighted by atomic mass is 10.1. The summed E-state index contributed by atoms with van der Waals surface area (Å²) < 4.78 is 18.9. The van der Waals surface area contributed by atoms with Crippen LogP contribution in [-0.4, -0.2) is 52.9 Å². The standard InChI is InChI=1S/C24H25FN4O3/c1-28(16-20-13-21(27-32-20)18-7-3-2-4-8-18)23(30)14-22-24(31)26-10-11-29(22)15-17-6-5-9-19(25)12-17/h2-9,12-13,22H,10-11,14-16H2,1H3,(H,26,31)/t22-/m0/s1. The maximum Gasteiger partial charge on any atom is 0.237 e. The highest BCUT2D eigenvalue weighted by Gasteiger charge is 2.32. The average molecular weight is 436 g/mol. The lowest BCUT2D eigenvalue weighted by Gasteiger charge is -2.35. The van der Waals surface area contributed by atoms with E-state index in [0.717, 1.165) is 11.1 Å². The Morgan fingerprint density at radius 3 is 2.81 bits per heavy atom. The van der Waals surface area contributed by atoms with Crippen molar-refractivity contribution in [2.45, 2.75) is 25.6 Å². The molecular weight excluding hydrogens is 411 g/mol. The van der Waals surface area contributed by atoms with Gasteiger partial charge in [-0.3, -0.25) is 14.5 Å². The van der Waals surface area contributed by atoms with Crippen LogP contribution >= 0.6 is 0 Å². The summed E-state index contributed by atoms with van der Waals surface area (Å²) in [5.41, 5.74) is 2.40. The van der Waals surface area contributed by atoms with Gasteiger partial charge in [0.05, 0.1) is 19.0 Å². The van der Waals surface area contributed by atoms with E-state index >= 15 is 0 Å². The van der Waals surface area contributed by atoms with E-state index in [9.17, 15) is 14.0 Å². The molecule has 32 heavy (non-hydrogen) atoms. The highest BCUT2D eigenvalue weighted by molar-refractivity contribution is 5.88. The lowest BCUT2D eigenvalue weighted by Crippen LogP contribution is -2.56. The molecule has 0 saturated carbocycles. The molecule has 1 aliphatic rings. The summed E-state index contributed by atoms with van der Waals surface area (Å²) in [5, 5.41) is 6.90. The first-order valence-corrected chi connectivity index (χ1v) is 10.5. The summed E-state index contributed by atoms with van der Waals surface area (Å²) in [5.74, 6) is -0.142. The summed E-state index contributed by atoms with van der Waals surface area (Å²) in [6.45, 7) is 1.73. The number of piperazine rings is 1. The second-order valence-corrected chi connectivity index (χ2v) is 7.91. The maximum absolute atomic E-state index is 13.6. The van der Waals surface area contributed by atoms with Crippen LogP contribution in [0, 0.1) is 5.82 Å². The first kappa shape index (κ1) is 21.7. The van der Waals surface area contributed by atoms with Gasteiger partial charge in [-0.25, -0.2) is 4.39 Å². The number of hydrogen-bond acceptors (Lipinski definition) is 5. The molecule has 0 spiro atoms. The molecule has 3 aromatic rings. The van der Waals surface area contributed by atoms with Gasteiger partial charge in [0.2, 0.25) is 11.8 Å². The van der Waals surface area contributed by atoms with Crippen molar-refractivity contribution in [1.29, 1.82) is 0 Å². The smallest absolute Gasteiger partial charge is 0.237 e. The van der Waals surface area contributed by atoms with E-state index in [-0.39, 0.29) is 30.6 Å². The van der Waals surface area contributed by atoms with E-state index in [1.54, 1.807) is 13.1 Å². The summed E-state index contributed by atoms with van der Waals surface area (Å²) in [6.07, 6.45) is 0.0251. The van der Waals surface area contributed by atoms with Crippen molar-refractivity contribution in [2.75, 3.05) is 20.1 Å². The molecule has 1 saturated heterocycles. The van der Waals surface area contributed by atoms with Crippen molar-refractivity contribution in [3.8, 4) is 11.3 Å². The van der Waals surface area contributed by atoms with Crippen LogP contribution in [0.25, 0.3) is 11.3 Å². The third kappa shape index (κ3) is 5.20. The number of nitrogens with zero attached hydrogens (tertiary/aromatic N) is 3. The first-order chi connectivity index (χ1) is 15.5. The molecule has 1 fully saturated rings. The molecule has 0 bridgehead atoms. The highest BCUT2D eigenvalue weighted by atomic mass is 19.1. The Labute approximate surface area is 185 Å². The Morgan fingerprint density at radius 2 is 2.03 bits per heavy atom. The number of carbonyl (C=O) groups excluding carboxylic acids is 2. The van der Waals surface area contributed by atoms with E-state index in [1.165, 1.54) is 17.0 Å². The van der Waals surface area contributed by atoms with Crippen LogP contribution in [0.1, 0.15) is 17.7 Å². The van der Waals surface area contributed by atoms with Crippen molar-refractivity contribution in [2.24, 2.45) is 0 Å². The molecular formula is C24H25FN4O3. The first-order valence-electron chi connectivity index (χ1n) is 10.5. The number of rotatable bonds is 7. The van der Waals surface area contributed by atoms with E-state index in [1.807, 2.05) is 47.4 Å². The number of aromatic nitrogens is 1. The SMILES string of the molecule is CN(Cc1cc(-c2ccccc2)no1)C(=O)C[C@H]1C(=O)NCCN1Cc1cccc(F)c1. The molecule has 8 heteroatoms. The van der Waals surface area contributed by atoms with Gasteiger partial charge in [-0.1, -0.05) is 47.6 Å². The van der Waals surface area contributed by atoms with Crippen LogP contribution in [-0.2, 0) is 22.7 Å². The van der Waals surface area contributed by atoms with Gasteiger partial charge in [-0.05, 0) is 17.7 Å². The molecule has 7 nitrogen and oxygen atoms in total. The second kappa shape index (κ2) is 9.74. The molecule has 2 aromatic carbocycles. The van der Waals surface area contributed by atoms with Gasteiger partial charge >= 0.3 is 0 Å². The summed E-state index contributed by atoms with van der Waals surface area (Å²) >= 11 is 0. The van der Waals surface area contributed by atoms with Crippen LogP contribution in [0.5, 0.6) is 0 Å². The number of nitrogens with one attached hydrogen (secondary N) is 1. The topological polar surface area (TPSA) is 78.7 Å². The predicted octanol–water partition coefficient (Wildman–Crippen LogP) is 2.83. The zero-order chi connectivity index (χ0) is 22.5. The zero-order valence-electron chi connectivity index (χ0n) is 17.8. The van der Waals surface area contributed by atoms with E-state index < -0.39 is 6.04 Å². The molecule has 4 rings (SSSR count). The van der Waals surface area contributed by atoms with Gasteiger partial charge in [0, 0.05) is 38.3 Å². The average Bonchev–Trinajstić information content (AvgIpc) is 3.25. The molecule has 0 aliphatic carbocycles. The van der Waals surface area contributed by atoms with Crippen molar-refractivity contribution in [1.82, 2.24) is 20.3 Å². The zero-order valence-corrected chi connectivity index (χ0v) is 17.8. The van der Waals surface area contributed by atoms with E-state index in [4.69, 9.17) is 4.52 Å². The number of hydrogen-bond donors (Lipinski definition) is 1. The number of amides is 2. The Balaban J connectivity index is 1.39. The molecule has 166 valence electrons. The molecule has 0 unspecified atom stereocenters. The molecule has 1 atom stereocenters. The molecule has 0 radical (unpaired) electrons. The highest BCUT2D eigenvalue weighted by Crippen LogP contribution is 2.20. The van der Waals surface area contributed by atoms with Gasteiger partial charge in [-0.15, -0.1) is 0 Å². The summed E-state index contributed by atoms with van der Waals surface area (Å²) in [7, 11) is 1.67. The van der Waals surface area contributed by atoms with Gasteiger partial charge in [0.1, 0.15) is 11.5 Å². The van der Waals surface area contributed by atoms with Gasteiger partial charge in [0.25, 0.3) is 0 Å². The van der Waals surface area contributed by atoms with Gasteiger partial charge in [0.15, 0.2) is 5.76 Å². The predicted molar refractivity (Wildman–Crippen MR) is 117 cm³/mol. The van der Waals surface area contributed by atoms with Gasteiger partial charge < -0.3 is 14.7 Å². The van der Waals surface area contributed by atoms with E-state index in [2.05, 4.69) is 10.5 Å². The van der Waals surface area contributed by atoms with Crippen LogP contribution in [0.2, 0.25) is 0 Å². The molecule has 2 heterocycles. The van der Waals surface area contributed by atoms with Crippen LogP contribution in [0.4, 0.5) is 4.39 Å². The summed E-state index contributed by atoms with van der Waals surface area (Å²) in [6, 6.07) is 17.1. The Bertz CT molecular complexity index is 1090. The fourth-order valence-electron chi connectivity index (χ4n) is 3.82. The Kier molecular flexibility index (Phi) is 6.61. The number of benzene rings is 2. The van der Waals surface area contributed by atoms with Gasteiger partial charge in [-0.2, -0.15) is 0 Å². The lowest BCUT2D eigenvalue weighted by molar-refractivity contribution is -0.138. The normalized spacial score (nSPS) is 16.6. The summed E-state index contributed by atoms with van der Waals surface area (Å²) in [4.78, 5) is 28.8. The second-order valence-electron chi connectivity index (χ2n) is 7.91. The molecule has 1 N–H and O–H groups in total. The third-order valence-electron chi connectivity index (χ3n) is 5.53. The molecule has 2 amide bonds. The Morgan fingerprint density at radius 1 is 1.22 bits per heavy atom. The number of halogens is 1. The molecule has 1 aromatic heterocycles. The maximum atomic E-state index is 13.6. The minimum Gasteiger partial charge on any atom is -0.359 e. The molecule has 1 aliphatic heterocycles. The minimum absolute atomic E-state index is 0.0251. The van der Waals surface area contributed by atoms with Crippen LogP contribution in [0.3, 0.4) is 0 Å². The monoisotopic (exact) mass is 436 g/mol.